The zero-order valence-electron chi connectivity index (χ0n) is 22.9. The van der Waals surface area contributed by atoms with E-state index >= 15 is 0 Å². The maximum absolute atomic E-state index is 13.9. The van der Waals surface area contributed by atoms with Gasteiger partial charge in [0.2, 0.25) is 5.91 Å². The van der Waals surface area contributed by atoms with Gasteiger partial charge in [0.1, 0.15) is 11.8 Å². The minimum Gasteiger partial charge on any atom is -0.483 e. The van der Waals surface area contributed by atoms with Crippen molar-refractivity contribution in [2.24, 2.45) is 0 Å². The zero-order chi connectivity index (χ0) is 27.0. The van der Waals surface area contributed by atoms with Crippen LogP contribution in [0, 0.1) is 0 Å². The number of rotatable bonds is 10. The van der Waals surface area contributed by atoms with E-state index in [4.69, 9.17) is 4.74 Å². The lowest BCUT2D eigenvalue weighted by Crippen LogP contribution is -2.53. The number of carbonyl (C=O) groups excluding carboxylic acids is 2. The largest absolute Gasteiger partial charge is 0.483 e. The predicted octanol–water partition coefficient (Wildman–Crippen LogP) is 6.06. The van der Waals surface area contributed by atoms with Crippen molar-refractivity contribution in [3.05, 3.63) is 102 Å². The molecule has 3 aromatic rings. The lowest BCUT2D eigenvalue weighted by atomic mass is 9.86. The molecule has 1 aliphatic carbocycles. The van der Waals surface area contributed by atoms with Crippen molar-refractivity contribution in [3.63, 3.8) is 0 Å². The first kappa shape index (κ1) is 27.4. The van der Waals surface area contributed by atoms with Crippen molar-refractivity contribution in [1.29, 1.82) is 0 Å². The molecule has 0 saturated heterocycles. The molecule has 38 heavy (non-hydrogen) atoms. The molecule has 1 N–H and O–H groups in total. The number of hydrogen-bond acceptors (Lipinski definition) is 3. The number of benzene rings is 3. The van der Waals surface area contributed by atoms with E-state index < -0.39 is 6.04 Å². The SMILES string of the molecule is CC(C)(C)c1ccccc1OCC(=O)N(Cc1ccccc1)[C@@H](Cc1ccccc1)C(=O)NC1CCCC1. The van der Waals surface area contributed by atoms with E-state index in [1.807, 2.05) is 84.9 Å². The minimum atomic E-state index is -0.646. The molecule has 0 bridgehead atoms. The van der Waals surface area contributed by atoms with Gasteiger partial charge in [0.05, 0.1) is 0 Å². The monoisotopic (exact) mass is 512 g/mol. The van der Waals surface area contributed by atoms with E-state index in [1.54, 1.807) is 4.90 Å². The molecule has 2 amide bonds. The maximum Gasteiger partial charge on any atom is 0.261 e. The van der Waals surface area contributed by atoms with Crippen LogP contribution in [0.1, 0.15) is 63.1 Å². The van der Waals surface area contributed by atoms with Gasteiger partial charge in [0.25, 0.3) is 5.91 Å². The maximum atomic E-state index is 13.9. The van der Waals surface area contributed by atoms with Crippen molar-refractivity contribution in [2.75, 3.05) is 6.61 Å². The summed E-state index contributed by atoms with van der Waals surface area (Å²) in [5.41, 5.74) is 2.91. The van der Waals surface area contributed by atoms with E-state index in [1.165, 1.54) is 0 Å². The van der Waals surface area contributed by atoms with Crippen LogP contribution in [0.15, 0.2) is 84.9 Å². The van der Waals surface area contributed by atoms with Crippen LogP contribution in [0.5, 0.6) is 5.75 Å². The molecule has 0 aromatic heterocycles. The smallest absolute Gasteiger partial charge is 0.261 e. The molecule has 0 radical (unpaired) electrons. The van der Waals surface area contributed by atoms with Gasteiger partial charge in [-0.15, -0.1) is 0 Å². The van der Waals surface area contributed by atoms with Gasteiger partial charge < -0.3 is 15.0 Å². The van der Waals surface area contributed by atoms with Crippen LogP contribution in [-0.2, 0) is 28.0 Å². The van der Waals surface area contributed by atoms with Crippen molar-refractivity contribution < 1.29 is 14.3 Å². The summed E-state index contributed by atoms with van der Waals surface area (Å²) in [7, 11) is 0. The van der Waals surface area contributed by atoms with Gasteiger partial charge in [0.15, 0.2) is 6.61 Å². The van der Waals surface area contributed by atoms with Crippen LogP contribution < -0.4 is 10.1 Å². The Kier molecular flexibility index (Phi) is 9.22. The molecular weight excluding hydrogens is 472 g/mol. The fourth-order valence-corrected chi connectivity index (χ4v) is 5.14. The van der Waals surface area contributed by atoms with Gasteiger partial charge in [-0.25, -0.2) is 0 Å². The van der Waals surface area contributed by atoms with Crippen molar-refractivity contribution in [3.8, 4) is 5.75 Å². The van der Waals surface area contributed by atoms with Crippen molar-refractivity contribution in [1.82, 2.24) is 10.2 Å². The molecule has 200 valence electrons. The average molecular weight is 513 g/mol. The molecule has 1 saturated carbocycles. The third-order valence-electron chi connectivity index (χ3n) is 7.21. The predicted molar refractivity (Wildman–Crippen MR) is 152 cm³/mol. The van der Waals surface area contributed by atoms with E-state index in [2.05, 4.69) is 26.1 Å². The molecule has 0 unspecified atom stereocenters. The molecule has 5 heteroatoms. The molecule has 1 atom stereocenters. The number of para-hydroxylation sites is 1. The molecular formula is C33H40N2O3. The summed E-state index contributed by atoms with van der Waals surface area (Å²) in [5, 5.41) is 3.25. The number of hydrogen-bond donors (Lipinski definition) is 1. The first-order chi connectivity index (χ1) is 18.3. The third-order valence-corrected chi connectivity index (χ3v) is 7.21. The minimum absolute atomic E-state index is 0.0971. The number of nitrogens with zero attached hydrogens (tertiary/aromatic N) is 1. The highest BCUT2D eigenvalue weighted by Gasteiger charge is 2.32. The molecule has 0 aliphatic heterocycles. The summed E-state index contributed by atoms with van der Waals surface area (Å²) in [6, 6.07) is 27.1. The molecule has 1 fully saturated rings. The number of ether oxygens (including phenoxy) is 1. The van der Waals surface area contributed by atoms with E-state index in [0.717, 1.165) is 42.4 Å². The van der Waals surface area contributed by atoms with Crippen LogP contribution >= 0.6 is 0 Å². The molecule has 3 aromatic carbocycles. The van der Waals surface area contributed by atoms with E-state index in [9.17, 15) is 9.59 Å². The molecule has 0 heterocycles. The molecule has 4 rings (SSSR count). The Hall–Kier alpha value is -3.60. The van der Waals surface area contributed by atoms with Crippen LogP contribution in [-0.4, -0.2) is 35.4 Å². The topological polar surface area (TPSA) is 58.6 Å². The zero-order valence-corrected chi connectivity index (χ0v) is 22.9. The second kappa shape index (κ2) is 12.8. The summed E-state index contributed by atoms with van der Waals surface area (Å²) in [5.74, 6) is 0.392. The van der Waals surface area contributed by atoms with Crippen LogP contribution in [0.4, 0.5) is 0 Å². The van der Waals surface area contributed by atoms with Crippen LogP contribution in [0.3, 0.4) is 0 Å². The standard InChI is InChI=1S/C33H40N2O3/c1-33(2,3)28-20-12-13-21-30(28)38-24-31(36)35(23-26-16-8-5-9-17-26)29(22-25-14-6-4-7-15-25)32(37)34-27-18-10-11-19-27/h4-9,12-17,20-21,27,29H,10-11,18-19,22-24H2,1-3H3,(H,34,37)/t29-/m0/s1. The fourth-order valence-electron chi connectivity index (χ4n) is 5.14. The van der Waals surface area contributed by atoms with E-state index in [-0.39, 0.29) is 29.9 Å². The fraction of sp³-hybridized carbons (Fsp3) is 0.394. The lowest BCUT2D eigenvalue weighted by molar-refractivity contribution is -0.143. The Morgan fingerprint density at radius 2 is 1.45 bits per heavy atom. The summed E-state index contributed by atoms with van der Waals surface area (Å²) in [6.07, 6.45) is 4.67. The summed E-state index contributed by atoms with van der Waals surface area (Å²) >= 11 is 0. The highest BCUT2D eigenvalue weighted by atomic mass is 16.5. The number of nitrogens with one attached hydrogen (secondary N) is 1. The molecule has 1 aliphatic rings. The van der Waals surface area contributed by atoms with Crippen LogP contribution in [0.25, 0.3) is 0 Å². The first-order valence-electron chi connectivity index (χ1n) is 13.7. The van der Waals surface area contributed by atoms with Gasteiger partial charge in [-0.3, -0.25) is 9.59 Å². The first-order valence-corrected chi connectivity index (χ1v) is 13.7. The Morgan fingerprint density at radius 3 is 2.08 bits per heavy atom. The highest BCUT2D eigenvalue weighted by Crippen LogP contribution is 2.31. The van der Waals surface area contributed by atoms with Gasteiger partial charge >= 0.3 is 0 Å². The Morgan fingerprint density at radius 1 is 0.868 bits per heavy atom. The second-order valence-corrected chi connectivity index (χ2v) is 11.2. The van der Waals surface area contributed by atoms with Crippen molar-refractivity contribution in [2.45, 2.75) is 76.9 Å². The lowest BCUT2D eigenvalue weighted by Gasteiger charge is -2.32. The van der Waals surface area contributed by atoms with Gasteiger partial charge in [-0.1, -0.05) is 112 Å². The quantitative estimate of drug-likeness (QED) is 0.359. The van der Waals surface area contributed by atoms with Gasteiger partial charge in [-0.05, 0) is 41.0 Å². The van der Waals surface area contributed by atoms with Crippen LogP contribution in [0.2, 0.25) is 0 Å². The average Bonchev–Trinajstić information content (AvgIpc) is 3.43. The summed E-state index contributed by atoms with van der Waals surface area (Å²) in [4.78, 5) is 29.3. The molecule has 0 spiro atoms. The Labute approximate surface area is 227 Å². The normalized spacial score (nSPS) is 14.6. The van der Waals surface area contributed by atoms with Crippen molar-refractivity contribution >= 4 is 11.8 Å². The van der Waals surface area contributed by atoms with E-state index in [0.29, 0.717) is 18.7 Å². The third kappa shape index (κ3) is 7.47. The van der Waals surface area contributed by atoms with Gasteiger partial charge in [0, 0.05) is 19.0 Å². The number of amides is 2. The Balaban J connectivity index is 1.61. The summed E-state index contributed by atoms with van der Waals surface area (Å²) < 4.78 is 6.13. The highest BCUT2D eigenvalue weighted by molar-refractivity contribution is 5.88. The Bertz CT molecular complexity index is 1180. The summed E-state index contributed by atoms with van der Waals surface area (Å²) in [6.45, 7) is 6.58. The van der Waals surface area contributed by atoms with Gasteiger partial charge in [-0.2, -0.15) is 0 Å². The second-order valence-electron chi connectivity index (χ2n) is 11.2. The number of carbonyl (C=O) groups is 2. The molecule has 5 nitrogen and oxygen atoms in total.